The third kappa shape index (κ3) is 7.25. The Morgan fingerprint density at radius 2 is 1.85 bits per heavy atom. The maximum atomic E-state index is 13.6. The fourth-order valence-corrected chi connectivity index (χ4v) is 7.70. The Morgan fingerprint density at radius 3 is 2.50 bits per heavy atom. The van der Waals surface area contributed by atoms with Gasteiger partial charge in [0.2, 0.25) is 0 Å². The molecule has 1 unspecified atom stereocenters. The number of hydrogen-bond donors (Lipinski definition) is 3. The van der Waals surface area contributed by atoms with Crippen molar-refractivity contribution in [2.45, 2.75) is 115 Å². The number of amides is 1. The minimum atomic E-state index is -3.89. The van der Waals surface area contributed by atoms with E-state index >= 15 is 0 Å². The first kappa shape index (κ1) is 35.0. The fraction of sp³-hybridized carbons (Fsp3) is 0.793. The highest BCUT2D eigenvalue weighted by Gasteiger charge is 2.58. The lowest BCUT2D eigenvalue weighted by atomic mass is 10.1. The molecule has 1 saturated carbocycles. The molecule has 1 aliphatic carbocycles. The van der Waals surface area contributed by atoms with Crippen LogP contribution in [0.15, 0.2) is 6.20 Å². The zero-order valence-electron chi connectivity index (χ0n) is 27.0. The highest BCUT2D eigenvalue weighted by Crippen LogP contribution is 2.60. The number of aliphatic hydroxyl groups excluding tert-OH is 2. The van der Waals surface area contributed by atoms with Crippen LogP contribution in [0.25, 0.3) is 11.0 Å². The van der Waals surface area contributed by atoms with E-state index in [0.717, 1.165) is 25.7 Å². The molecule has 2 aromatic rings. The fourth-order valence-electron chi connectivity index (χ4n) is 6.00. The number of nitrogens with zero attached hydrogens (tertiary/aromatic N) is 4. The minimum Gasteiger partial charge on any atom is -0.446 e. The average molecular weight is 672 g/mol. The highest BCUT2D eigenvalue weighted by atomic mass is 31.2. The molecule has 1 amide bonds. The van der Waals surface area contributed by atoms with Crippen molar-refractivity contribution in [2.75, 3.05) is 38.4 Å². The number of fused-ring (bicyclic) bond motifs is 2. The number of carbonyl (C=O) groups is 1. The molecule has 46 heavy (non-hydrogen) atoms. The second-order valence-electron chi connectivity index (χ2n) is 12.2. The van der Waals surface area contributed by atoms with Gasteiger partial charge >= 0.3 is 13.7 Å². The maximum Gasteiger partial charge on any atom is 0.413 e. The van der Waals surface area contributed by atoms with Gasteiger partial charge < -0.3 is 42.9 Å². The largest absolute Gasteiger partial charge is 0.446 e. The third-order valence-corrected chi connectivity index (χ3v) is 10.9. The predicted octanol–water partition coefficient (Wildman–Crippen LogP) is 3.65. The van der Waals surface area contributed by atoms with E-state index in [1.165, 1.54) is 13.1 Å². The van der Waals surface area contributed by atoms with Crippen molar-refractivity contribution in [1.29, 1.82) is 0 Å². The number of nitrogens with one attached hydrogen (secondary N) is 1. The zero-order valence-corrected chi connectivity index (χ0v) is 27.9. The molecule has 3 N–H and O–H groups in total. The van der Waals surface area contributed by atoms with Crippen molar-refractivity contribution in [3.63, 3.8) is 0 Å². The Kier molecular flexibility index (Phi) is 11.0. The number of hydrogen-bond acceptors (Lipinski definition) is 14. The average Bonchev–Trinajstić information content (AvgIpc) is 3.79. The molecule has 16 nitrogen and oxygen atoms in total. The summed E-state index contributed by atoms with van der Waals surface area (Å²) in [5.74, 6) is -0.353. The lowest BCUT2D eigenvalue weighted by Crippen LogP contribution is -2.40. The van der Waals surface area contributed by atoms with Crippen molar-refractivity contribution < 1.29 is 52.3 Å². The quantitative estimate of drug-likeness (QED) is 0.232. The van der Waals surface area contributed by atoms with E-state index in [9.17, 15) is 19.6 Å². The van der Waals surface area contributed by atoms with Gasteiger partial charge in [0.15, 0.2) is 23.0 Å². The first-order valence-electron chi connectivity index (χ1n) is 15.9. The summed E-state index contributed by atoms with van der Waals surface area (Å²) in [6.07, 6.45) is 2.36. The lowest BCUT2D eigenvalue weighted by molar-refractivity contribution is -0.206. The van der Waals surface area contributed by atoms with Crippen molar-refractivity contribution in [1.82, 2.24) is 19.7 Å². The Labute approximate surface area is 267 Å². The Hall–Kier alpha value is -2.27. The molecule has 17 heteroatoms. The van der Waals surface area contributed by atoms with Gasteiger partial charge in [0.1, 0.15) is 36.1 Å². The summed E-state index contributed by atoms with van der Waals surface area (Å²) in [5, 5.41) is 25.8. The van der Waals surface area contributed by atoms with E-state index in [2.05, 4.69) is 15.4 Å². The van der Waals surface area contributed by atoms with Crippen LogP contribution in [0.3, 0.4) is 0 Å². The summed E-state index contributed by atoms with van der Waals surface area (Å²) < 4.78 is 56.7. The summed E-state index contributed by atoms with van der Waals surface area (Å²) in [7, 11) is -3.89. The van der Waals surface area contributed by atoms with Gasteiger partial charge in [-0.2, -0.15) is 5.10 Å². The van der Waals surface area contributed by atoms with Crippen molar-refractivity contribution in [3.8, 4) is 0 Å². The molecule has 0 aromatic carbocycles. The van der Waals surface area contributed by atoms with Gasteiger partial charge in [-0.1, -0.05) is 0 Å². The summed E-state index contributed by atoms with van der Waals surface area (Å²) in [6.45, 7) is 7.75. The molecule has 0 spiro atoms. The van der Waals surface area contributed by atoms with Crippen LogP contribution in [0.4, 0.5) is 10.6 Å². The van der Waals surface area contributed by atoms with E-state index < -0.39 is 56.0 Å². The van der Waals surface area contributed by atoms with E-state index in [1.54, 1.807) is 32.4 Å². The second-order valence-corrected chi connectivity index (χ2v) is 14.6. The number of aryl methyl sites for hydroxylation is 1. The molecule has 3 fully saturated rings. The van der Waals surface area contributed by atoms with Crippen molar-refractivity contribution in [2.24, 2.45) is 0 Å². The Morgan fingerprint density at radius 1 is 1.15 bits per heavy atom. The molecular formula is C29H46N5O11P. The number of aromatic nitrogens is 4. The highest BCUT2D eigenvalue weighted by molar-refractivity contribution is 7.55. The van der Waals surface area contributed by atoms with Crippen LogP contribution in [0.5, 0.6) is 0 Å². The Bertz CT molecular complexity index is 1390. The summed E-state index contributed by atoms with van der Waals surface area (Å²) >= 11 is 0. The van der Waals surface area contributed by atoms with Crippen molar-refractivity contribution >= 4 is 30.5 Å². The number of carbonyl (C=O) groups excluding carboxylic acids is 1. The summed E-state index contributed by atoms with van der Waals surface area (Å²) in [4.78, 5) is 22.1. The molecule has 0 bridgehead atoms. The van der Waals surface area contributed by atoms with Crippen LogP contribution < -0.4 is 5.32 Å². The van der Waals surface area contributed by atoms with Gasteiger partial charge in [-0.25, -0.2) is 19.4 Å². The van der Waals surface area contributed by atoms with E-state index in [4.69, 9.17) is 37.7 Å². The molecule has 5 rings (SSSR count). The topological polar surface area (TPSA) is 195 Å². The van der Waals surface area contributed by atoms with Crippen LogP contribution in [0, 0.1) is 0 Å². The van der Waals surface area contributed by atoms with Gasteiger partial charge in [-0.3, -0.25) is 9.88 Å². The summed E-state index contributed by atoms with van der Waals surface area (Å²) in [6, 6.07) is 0. The van der Waals surface area contributed by atoms with Crippen LogP contribution in [0.1, 0.15) is 78.8 Å². The van der Waals surface area contributed by atoms with Gasteiger partial charge in [0.25, 0.3) is 0 Å². The molecule has 2 aliphatic heterocycles. The standard InChI is InChI=1S/C29H46N5O11P/c1-6-40-46(38,41-7-2)29(5,17-36)39-16-20-22-23(45-28(3,4)44-22)26(43-20)34-25-19(15-30-34)24(31-21(32-25)13-10-14-35)33-27(37)42-18-11-8-9-12-18/h15,18,20,22-23,26,35-36H,6-14,16-17H2,1-5H3,(H,31,32,33,37)/t20-,22-,23-,26-,29?/m1/s1. The molecule has 0 radical (unpaired) electrons. The molecular weight excluding hydrogens is 625 g/mol. The first-order valence-corrected chi connectivity index (χ1v) is 17.5. The normalized spacial score (nSPS) is 26.0. The monoisotopic (exact) mass is 671 g/mol. The number of ether oxygens (including phenoxy) is 5. The van der Waals surface area contributed by atoms with Crippen LogP contribution in [-0.4, -0.2) is 105 Å². The first-order chi connectivity index (χ1) is 22.0. The van der Waals surface area contributed by atoms with E-state index in [0.29, 0.717) is 29.7 Å². The SMILES string of the molecule is CCOP(=O)(OCC)C(C)(CO)OC[C@H]1O[C@@H](n2ncc3c(NC(=O)OC4CCCC4)nc(CCCO)nc32)[C@@H]2OC(C)(C)O[C@@H]21. The number of anilines is 1. The molecule has 2 saturated heterocycles. The maximum absolute atomic E-state index is 13.6. The summed E-state index contributed by atoms with van der Waals surface area (Å²) in [5.41, 5.74) is 0.370. The van der Waals surface area contributed by atoms with Gasteiger partial charge in [0.05, 0.1) is 38.0 Å². The van der Waals surface area contributed by atoms with Crippen molar-refractivity contribution in [3.05, 3.63) is 12.0 Å². The van der Waals surface area contributed by atoms with Gasteiger partial charge in [-0.05, 0) is 66.7 Å². The van der Waals surface area contributed by atoms with E-state index in [-0.39, 0.29) is 38.3 Å². The predicted molar refractivity (Wildman–Crippen MR) is 163 cm³/mol. The van der Waals surface area contributed by atoms with E-state index in [1.807, 2.05) is 0 Å². The van der Waals surface area contributed by atoms with Gasteiger partial charge in [-0.15, -0.1) is 0 Å². The van der Waals surface area contributed by atoms with Gasteiger partial charge in [0, 0.05) is 13.0 Å². The van der Waals surface area contributed by atoms with Crippen LogP contribution in [-0.2, 0) is 43.7 Å². The molecule has 258 valence electrons. The smallest absolute Gasteiger partial charge is 0.413 e. The second kappa shape index (κ2) is 14.5. The van der Waals surface area contributed by atoms with Crippen LogP contribution in [0.2, 0.25) is 0 Å². The third-order valence-electron chi connectivity index (χ3n) is 8.25. The zero-order chi connectivity index (χ0) is 33.1. The number of rotatable bonds is 15. The minimum absolute atomic E-state index is 0.0587. The van der Waals surface area contributed by atoms with Crippen LogP contribution >= 0.6 is 7.60 Å². The molecule has 3 aliphatic rings. The number of aliphatic hydroxyl groups is 2. The molecule has 2 aromatic heterocycles. The molecule has 5 atom stereocenters. The Balaban J connectivity index is 1.43. The molecule has 4 heterocycles. The lowest BCUT2D eigenvalue weighted by Gasteiger charge is -2.35.